The van der Waals surface area contributed by atoms with E-state index >= 15 is 0 Å². The summed E-state index contributed by atoms with van der Waals surface area (Å²) in [6, 6.07) is 18.6. The van der Waals surface area contributed by atoms with Crippen molar-refractivity contribution in [1.29, 1.82) is 0 Å². The molecule has 0 unspecified atom stereocenters. The normalized spacial score (nSPS) is 12.3. The van der Waals surface area contributed by atoms with E-state index in [1.165, 1.54) is 16.7 Å². The van der Waals surface area contributed by atoms with Crippen LogP contribution in [0.3, 0.4) is 0 Å². The lowest BCUT2D eigenvalue weighted by atomic mass is 10.1. The van der Waals surface area contributed by atoms with Gasteiger partial charge in [0.05, 0.1) is 0 Å². The Morgan fingerprint density at radius 2 is 1.63 bits per heavy atom. The van der Waals surface area contributed by atoms with Crippen LogP contribution >= 0.6 is 0 Å². The molecule has 0 saturated heterocycles. The maximum atomic E-state index is 12.1. The maximum Gasteiger partial charge on any atom is 0.0488 e. The summed E-state index contributed by atoms with van der Waals surface area (Å²) in [5.74, 6) is 1.46. The topological polar surface area (TPSA) is 17.1 Å². The van der Waals surface area contributed by atoms with E-state index in [2.05, 4.69) is 43.3 Å². The molecule has 0 spiro atoms. The highest BCUT2D eigenvalue weighted by atomic mass is 32.2. The van der Waals surface area contributed by atoms with Gasteiger partial charge in [0.15, 0.2) is 0 Å². The number of hydrogen-bond donors (Lipinski definition) is 0. The van der Waals surface area contributed by atoms with Crippen molar-refractivity contribution in [3.8, 4) is 0 Å². The van der Waals surface area contributed by atoms with Crippen molar-refractivity contribution in [2.24, 2.45) is 0 Å². The van der Waals surface area contributed by atoms with E-state index in [4.69, 9.17) is 0 Å². The van der Waals surface area contributed by atoms with Crippen molar-refractivity contribution in [3.63, 3.8) is 0 Å². The van der Waals surface area contributed by atoms with Crippen LogP contribution in [0.4, 0.5) is 0 Å². The molecule has 1 atom stereocenters. The molecule has 0 radical (unpaired) electrons. The zero-order valence-corrected chi connectivity index (χ0v) is 12.2. The van der Waals surface area contributed by atoms with E-state index in [1.54, 1.807) is 0 Å². The van der Waals surface area contributed by atoms with Crippen molar-refractivity contribution in [2.75, 3.05) is 5.75 Å². The van der Waals surface area contributed by atoms with Crippen LogP contribution in [-0.2, 0) is 23.0 Å². The van der Waals surface area contributed by atoms with E-state index in [9.17, 15) is 4.21 Å². The van der Waals surface area contributed by atoms with Gasteiger partial charge in [0.1, 0.15) is 0 Å². The zero-order valence-electron chi connectivity index (χ0n) is 11.3. The minimum absolute atomic E-state index is 0.682. The Hall–Kier alpha value is -1.41. The summed E-state index contributed by atoms with van der Waals surface area (Å²) >= 11 is 0. The summed E-state index contributed by atoms with van der Waals surface area (Å²) in [5, 5.41) is 0. The molecule has 0 bridgehead atoms. The predicted octanol–water partition coefficient (Wildman–Crippen LogP) is 3.88. The number of benzene rings is 2. The van der Waals surface area contributed by atoms with Crippen molar-refractivity contribution in [1.82, 2.24) is 0 Å². The van der Waals surface area contributed by atoms with Crippen molar-refractivity contribution in [3.05, 3.63) is 71.3 Å². The molecule has 1 nitrogen and oxygen atoms in total. The zero-order chi connectivity index (χ0) is 13.5. The molecule has 0 saturated carbocycles. The summed E-state index contributed by atoms with van der Waals surface area (Å²) in [4.78, 5) is 0. The van der Waals surface area contributed by atoms with Gasteiger partial charge in [-0.1, -0.05) is 54.6 Å². The average molecular weight is 272 g/mol. The van der Waals surface area contributed by atoms with Crippen molar-refractivity contribution >= 4 is 10.8 Å². The van der Waals surface area contributed by atoms with Crippen LogP contribution in [0.1, 0.15) is 23.1 Å². The van der Waals surface area contributed by atoms with Gasteiger partial charge in [-0.25, -0.2) is 0 Å². The molecule has 0 aliphatic heterocycles. The van der Waals surface area contributed by atoms with E-state index < -0.39 is 10.8 Å². The van der Waals surface area contributed by atoms with Crippen LogP contribution in [0.25, 0.3) is 0 Å². The van der Waals surface area contributed by atoms with Gasteiger partial charge < -0.3 is 0 Å². The third-order valence-corrected chi connectivity index (χ3v) is 4.64. The molecule has 2 aromatic rings. The monoisotopic (exact) mass is 272 g/mol. The Bertz CT molecular complexity index is 534. The first-order valence-corrected chi connectivity index (χ1v) is 8.18. The van der Waals surface area contributed by atoms with Gasteiger partial charge in [0, 0.05) is 22.3 Å². The molecule has 0 aliphatic rings. The smallest absolute Gasteiger partial charge is 0.0488 e. The number of aryl methyl sites for hydroxylation is 2. The molecule has 0 heterocycles. The first kappa shape index (κ1) is 14.0. The maximum absolute atomic E-state index is 12.1. The summed E-state index contributed by atoms with van der Waals surface area (Å²) in [6.07, 6.45) is 2.00. The van der Waals surface area contributed by atoms with Crippen LogP contribution in [-0.4, -0.2) is 9.96 Å². The molecular weight excluding hydrogens is 252 g/mol. The molecule has 0 fully saturated rings. The molecule has 100 valence electrons. The van der Waals surface area contributed by atoms with Gasteiger partial charge in [-0.3, -0.25) is 4.21 Å². The highest BCUT2D eigenvalue weighted by molar-refractivity contribution is 7.84. The van der Waals surface area contributed by atoms with Crippen molar-refractivity contribution in [2.45, 2.75) is 25.5 Å². The largest absolute Gasteiger partial charge is 0.259 e. The third kappa shape index (κ3) is 4.64. The lowest BCUT2D eigenvalue weighted by Crippen LogP contribution is -2.03. The first-order chi connectivity index (χ1) is 9.25. The fourth-order valence-corrected chi connectivity index (χ4v) is 3.38. The fourth-order valence-electron chi connectivity index (χ4n) is 2.10. The van der Waals surface area contributed by atoms with Gasteiger partial charge in [-0.2, -0.15) is 0 Å². The highest BCUT2D eigenvalue weighted by Gasteiger charge is 2.04. The van der Waals surface area contributed by atoms with E-state index in [1.807, 2.05) is 18.2 Å². The van der Waals surface area contributed by atoms with Gasteiger partial charge in [0.2, 0.25) is 0 Å². The number of rotatable bonds is 6. The Morgan fingerprint density at radius 3 is 2.37 bits per heavy atom. The molecular formula is C17H20OS. The SMILES string of the molecule is Cc1ccccc1C[S@@](=O)CCCc1ccccc1. The van der Waals surface area contributed by atoms with E-state index in [0.717, 1.165) is 18.6 Å². The van der Waals surface area contributed by atoms with Crippen LogP contribution in [0.15, 0.2) is 54.6 Å². The molecule has 0 aromatic heterocycles. The number of hydrogen-bond acceptors (Lipinski definition) is 1. The molecule has 2 heteroatoms. The molecule has 2 aromatic carbocycles. The van der Waals surface area contributed by atoms with Crippen LogP contribution < -0.4 is 0 Å². The highest BCUT2D eigenvalue weighted by Crippen LogP contribution is 2.11. The fraction of sp³-hybridized carbons (Fsp3) is 0.294. The van der Waals surface area contributed by atoms with Crippen molar-refractivity contribution < 1.29 is 4.21 Å². The first-order valence-electron chi connectivity index (χ1n) is 6.69. The standard InChI is InChI=1S/C17H20OS/c1-15-8-5-6-12-17(15)14-19(18)13-7-11-16-9-3-2-4-10-16/h2-6,8-10,12H,7,11,13-14H2,1H3/t19-/m0/s1. The lowest BCUT2D eigenvalue weighted by molar-refractivity contribution is 0.679. The van der Waals surface area contributed by atoms with Gasteiger partial charge in [-0.15, -0.1) is 0 Å². The van der Waals surface area contributed by atoms with Crippen LogP contribution in [0.5, 0.6) is 0 Å². The van der Waals surface area contributed by atoms with Crippen LogP contribution in [0, 0.1) is 6.92 Å². The summed E-state index contributed by atoms with van der Waals surface area (Å²) in [6.45, 7) is 2.08. The Kier molecular flexibility index (Phi) is 5.34. The lowest BCUT2D eigenvalue weighted by Gasteiger charge is -2.06. The Morgan fingerprint density at radius 1 is 0.947 bits per heavy atom. The predicted molar refractivity (Wildman–Crippen MR) is 82.7 cm³/mol. The second-order valence-corrected chi connectivity index (χ2v) is 6.38. The summed E-state index contributed by atoms with van der Waals surface area (Å²) in [7, 11) is -0.755. The van der Waals surface area contributed by atoms with E-state index in [-0.39, 0.29) is 0 Å². The minimum atomic E-state index is -0.755. The average Bonchev–Trinajstić information content (AvgIpc) is 2.43. The van der Waals surface area contributed by atoms with Gasteiger partial charge >= 0.3 is 0 Å². The van der Waals surface area contributed by atoms with Gasteiger partial charge in [0.25, 0.3) is 0 Å². The van der Waals surface area contributed by atoms with Gasteiger partial charge in [-0.05, 0) is 36.5 Å². The third-order valence-electron chi connectivity index (χ3n) is 3.26. The Balaban J connectivity index is 1.78. The van der Waals surface area contributed by atoms with E-state index in [0.29, 0.717) is 5.75 Å². The second kappa shape index (κ2) is 7.25. The minimum Gasteiger partial charge on any atom is -0.259 e. The molecule has 0 aliphatic carbocycles. The molecule has 0 amide bonds. The van der Waals surface area contributed by atoms with Crippen LogP contribution in [0.2, 0.25) is 0 Å². The second-order valence-electron chi connectivity index (χ2n) is 4.80. The Labute approximate surface area is 118 Å². The quantitative estimate of drug-likeness (QED) is 0.780. The molecule has 2 rings (SSSR count). The summed E-state index contributed by atoms with van der Waals surface area (Å²) < 4.78 is 12.1. The molecule has 0 N–H and O–H groups in total. The summed E-state index contributed by atoms with van der Waals surface area (Å²) in [5.41, 5.74) is 3.77. The molecule has 19 heavy (non-hydrogen) atoms.